The Kier molecular flexibility index (Phi) is 6.44. The van der Waals surface area contributed by atoms with Crippen LogP contribution in [0.25, 0.3) is 0 Å². The molecule has 1 aromatic carbocycles. The van der Waals surface area contributed by atoms with E-state index in [1.54, 1.807) is 11.8 Å². The van der Waals surface area contributed by atoms with Crippen molar-refractivity contribution >= 4 is 33.9 Å². The van der Waals surface area contributed by atoms with Gasteiger partial charge >= 0.3 is 0 Å². The Morgan fingerprint density at radius 1 is 1.35 bits per heavy atom. The first-order chi connectivity index (χ1) is 7.84. The molecule has 0 bridgehead atoms. The van der Waals surface area contributed by atoms with Gasteiger partial charge in [-0.3, -0.25) is 4.99 Å². The van der Waals surface area contributed by atoms with Gasteiger partial charge in [0.1, 0.15) is 5.75 Å². The Morgan fingerprint density at radius 2 is 2.12 bits per heavy atom. The summed E-state index contributed by atoms with van der Waals surface area (Å²) in [6, 6.07) is 8.13. The van der Waals surface area contributed by atoms with Crippen molar-refractivity contribution in [2.45, 2.75) is 6.92 Å². The largest absolute Gasteiger partial charge is 0.493 e. The van der Waals surface area contributed by atoms with Crippen molar-refractivity contribution in [3.63, 3.8) is 0 Å². The molecule has 0 aromatic heterocycles. The average Bonchev–Trinajstić information content (AvgIpc) is 2.80. The fourth-order valence-electron chi connectivity index (χ4n) is 1.41. The number of aliphatic imine (C=N–C) groups is 1. The Balaban J connectivity index is 0.00000144. The molecule has 1 aliphatic heterocycles. The summed E-state index contributed by atoms with van der Waals surface area (Å²) < 4.78 is 5.62. The number of thioether (sulfide) groups is 1. The van der Waals surface area contributed by atoms with E-state index in [4.69, 9.17) is 4.74 Å². The number of amidine groups is 1. The Bertz CT molecular complexity index is 367. The summed E-state index contributed by atoms with van der Waals surface area (Å²) in [5, 5.41) is 4.27. The van der Waals surface area contributed by atoms with Gasteiger partial charge in [0.15, 0.2) is 5.17 Å². The number of aryl methyl sites for hydroxylation is 1. The van der Waals surface area contributed by atoms with Crippen LogP contribution in [0.15, 0.2) is 29.3 Å². The molecule has 0 radical (unpaired) electrons. The molecular formula is C12H17BrN2OS. The maximum absolute atomic E-state index is 5.62. The minimum atomic E-state index is 0. The van der Waals surface area contributed by atoms with Crippen molar-refractivity contribution in [2.75, 3.05) is 25.4 Å². The number of halogens is 1. The summed E-state index contributed by atoms with van der Waals surface area (Å²) in [4.78, 5) is 4.30. The fourth-order valence-corrected chi connectivity index (χ4v) is 2.15. The molecule has 1 aromatic rings. The third-order valence-corrected chi connectivity index (χ3v) is 3.17. The zero-order chi connectivity index (χ0) is 11.2. The molecule has 0 saturated heterocycles. The van der Waals surface area contributed by atoms with Gasteiger partial charge in [0.2, 0.25) is 0 Å². The second kappa shape index (κ2) is 7.61. The van der Waals surface area contributed by atoms with E-state index in [1.807, 2.05) is 12.1 Å². The molecule has 3 nitrogen and oxygen atoms in total. The van der Waals surface area contributed by atoms with Gasteiger partial charge in [-0.05, 0) is 19.1 Å². The van der Waals surface area contributed by atoms with Crippen molar-refractivity contribution in [1.29, 1.82) is 0 Å². The fraction of sp³-hybridized carbons (Fsp3) is 0.417. The molecule has 17 heavy (non-hydrogen) atoms. The molecule has 0 aliphatic carbocycles. The highest BCUT2D eigenvalue weighted by Crippen LogP contribution is 2.12. The number of ether oxygens (including phenoxy) is 1. The van der Waals surface area contributed by atoms with Gasteiger partial charge in [0.25, 0.3) is 0 Å². The highest BCUT2D eigenvalue weighted by Gasteiger charge is 2.04. The number of nitrogens with zero attached hydrogens (tertiary/aromatic N) is 1. The van der Waals surface area contributed by atoms with Crippen LogP contribution < -0.4 is 10.1 Å². The van der Waals surface area contributed by atoms with Crippen molar-refractivity contribution < 1.29 is 4.74 Å². The Hall–Kier alpha value is -0.680. The van der Waals surface area contributed by atoms with Crippen molar-refractivity contribution in [3.8, 4) is 5.75 Å². The highest BCUT2D eigenvalue weighted by atomic mass is 79.9. The quantitative estimate of drug-likeness (QED) is 0.867. The summed E-state index contributed by atoms with van der Waals surface area (Å²) >= 11 is 1.72. The van der Waals surface area contributed by atoms with E-state index in [2.05, 4.69) is 29.4 Å². The van der Waals surface area contributed by atoms with Crippen molar-refractivity contribution in [3.05, 3.63) is 29.8 Å². The Morgan fingerprint density at radius 3 is 2.76 bits per heavy atom. The minimum Gasteiger partial charge on any atom is -0.493 e. The van der Waals surface area contributed by atoms with Gasteiger partial charge in [-0.1, -0.05) is 29.5 Å². The van der Waals surface area contributed by atoms with Crippen LogP contribution in [-0.2, 0) is 0 Å². The van der Waals surface area contributed by atoms with E-state index in [0.717, 1.165) is 29.8 Å². The zero-order valence-corrected chi connectivity index (χ0v) is 12.3. The van der Waals surface area contributed by atoms with E-state index in [1.165, 1.54) is 5.56 Å². The first-order valence-electron chi connectivity index (χ1n) is 5.45. The van der Waals surface area contributed by atoms with Crippen LogP contribution in [0.3, 0.4) is 0 Å². The smallest absolute Gasteiger partial charge is 0.156 e. The van der Waals surface area contributed by atoms with Gasteiger partial charge < -0.3 is 10.1 Å². The third-order valence-electron chi connectivity index (χ3n) is 2.26. The molecule has 0 atom stereocenters. The molecule has 0 fully saturated rings. The van der Waals surface area contributed by atoms with Crippen LogP contribution >= 0.6 is 28.7 Å². The maximum Gasteiger partial charge on any atom is 0.156 e. The van der Waals surface area contributed by atoms with E-state index in [-0.39, 0.29) is 17.0 Å². The summed E-state index contributed by atoms with van der Waals surface area (Å²) in [5.74, 6) is 1.87. The first-order valence-corrected chi connectivity index (χ1v) is 6.44. The topological polar surface area (TPSA) is 33.6 Å². The van der Waals surface area contributed by atoms with E-state index in [9.17, 15) is 0 Å². The molecule has 2 rings (SSSR count). The molecule has 0 spiro atoms. The number of benzene rings is 1. The lowest BCUT2D eigenvalue weighted by Crippen LogP contribution is -2.16. The maximum atomic E-state index is 5.62. The zero-order valence-electron chi connectivity index (χ0n) is 9.81. The molecule has 0 unspecified atom stereocenters. The highest BCUT2D eigenvalue weighted by molar-refractivity contribution is 8.93. The molecular weight excluding hydrogens is 300 g/mol. The number of hydrogen-bond acceptors (Lipinski definition) is 4. The minimum absolute atomic E-state index is 0. The van der Waals surface area contributed by atoms with Gasteiger partial charge in [0.05, 0.1) is 13.2 Å². The molecule has 1 heterocycles. The molecule has 0 amide bonds. The van der Waals surface area contributed by atoms with Gasteiger partial charge in [-0.2, -0.15) is 0 Å². The number of nitrogens with one attached hydrogen (secondary N) is 1. The molecule has 94 valence electrons. The van der Waals surface area contributed by atoms with E-state index < -0.39 is 0 Å². The van der Waals surface area contributed by atoms with E-state index in [0.29, 0.717) is 6.61 Å². The SMILES string of the molecule is Br.Cc1ccc(OCCSC2=NCCN2)cc1. The predicted octanol–water partition coefficient (Wildman–Crippen LogP) is 2.64. The average molecular weight is 317 g/mol. The van der Waals surface area contributed by atoms with Crippen LogP contribution in [0.1, 0.15) is 5.56 Å². The van der Waals surface area contributed by atoms with Crippen LogP contribution in [0.5, 0.6) is 5.75 Å². The van der Waals surface area contributed by atoms with Crippen LogP contribution in [0.2, 0.25) is 0 Å². The van der Waals surface area contributed by atoms with Crippen molar-refractivity contribution in [2.24, 2.45) is 4.99 Å². The summed E-state index contributed by atoms with van der Waals surface area (Å²) in [7, 11) is 0. The second-order valence-electron chi connectivity index (χ2n) is 3.62. The normalized spacial score (nSPS) is 13.6. The standard InChI is InChI=1S/C12H16N2OS.BrH/c1-10-2-4-11(5-3-10)15-8-9-16-12-13-6-7-14-12;/h2-5H,6-9H2,1H3,(H,13,14);1H. The number of hydrogen-bond donors (Lipinski definition) is 1. The lowest BCUT2D eigenvalue weighted by molar-refractivity contribution is 0.344. The summed E-state index contributed by atoms with van der Waals surface area (Å²) in [6.45, 7) is 4.67. The Labute approximate surface area is 117 Å². The van der Waals surface area contributed by atoms with Crippen LogP contribution in [0, 0.1) is 6.92 Å². The molecule has 5 heteroatoms. The third kappa shape index (κ3) is 5.00. The lowest BCUT2D eigenvalue weighted by atomic mass is 10.2. The van der Waals surface area contributed by atoms with Gasteiger partial charge in [-0.15, -0.1) is 17.0 Å². The second-order valence-corrected chi connectivity index (χ2v) is 4.71. The number of rotatable bonds is 4. The summed E-state index contributed by atoms with van der Waals surface area (Å²) in [6.07, 6.45) is 0. The lowest BCUT2D eigenvalue weighted by Gasteiger charge is -2.06. The van der Waals surface area contributed by atoms with Crippen LogP contribution in [0.4, 0.5) is 0 Å². The molecule has 1 N–H and O–H groups in total. The molecule has 1 aliphatic rings. The summed E-state index contributed by atoms with van der Waals surface area (Å²) in [5.41, 5.74) is 1.26. The van der Waals surface area contributed by atoms with Crippen LogP contribution in [-0.4, -0.2) is 30.6 Å². The monoisotopic (exact) mass is 316 g/mol. The van der Waals surface area contributed by atoms with Gasteiger partial charge in [-0.25, -0.2) is 0 Å². The predicted molar refractivity (Wildman–Crippen MR) is 79.8 cm³/mol. The van der Waals surface area contributed by atoms with E-state index >= 15 is 0 Å². The van der Waals surface area contributed by atoms with Gasteiger partial charge in [0, 0.05) is 12.3 Å². The molecule has 0 saturated carbocycles. The van der Waals surface area contributed by atoms with Crippen molar-refractivity contribution in [1.82, 2.24) is 5.32 Å². The first kappa shape index (κ1) is 14.4.